The highest BCUT2D eigenvalue weighted by Crippen LogP contribution is 2.31. The third kappa shape index (κ3) is 4.16. The van der Waals surface area contributed by atoms with E-state index >= 15 is 0 Å². The van der Waals surface area contributed by atoms with Crippen LogP contribution in [0.4, 0.5) is 0 Å². The first-order valence-electron chi connectivity index (χ1n) is 7.65. The van der Waals surface area contributed by atoms with Gasteiger partial charge >= 0.3 is 0 Å². The highest BCUT2D eigenvalue weighted by atomic mass is 16.5. The van der Waals surface area contributed by atoms with E-state index < -0.39 is 0 Å². The number of rotatable bonds is 8. The minimum atomic E-state index is -0.0300. The Morgan fingerprint density at radius 1 is 1.19 bits per heavy atom. The first kappa shape index (κ1) is 15.7. The van der Waals surface area contributed by atoms with Crippen molar-refractivity contribution >= 4 is 0 Å². The number of ether oxygens (including phenoxy) is 1. The second kappa shape index (κ2) is 7.96. The maximum Gasteiger partial charge on any atom is 0.103 e. The number of hydrogen-bond acceptors (Lipinski definition) is 3. The third-order valence-electron chi connectivity index (χ3n) is 3.44. The Balaban J connectivity index is 2.30. The highest BCUT2D eigenvalue weighted by molar-refractivity contribution is 5.22. The molecule has 0 aliphatic heterocycles. The lowest BCUT2D eigenvalue weighted by Crippen LogP contribution is -2.30. The fourth-order valence-electron chi connectivity index (χ4n) is 2.47. The lowest BCUT2D eigenvalue weighted by molar-refractivity contribution is 0.0314. The molecule has 114 valence electrons. The molecule has 0 saturated carbocycles. The third-order valence-corrected chi connectivity index (χ3v) is 3.44. The highest BCUT2D eigenvalue weighted by Gasteiger charge is 2.26. The Labute approximate surface area is 127 Å². The van der Waals surface area contributed by atoms with Crippen molar-refractivity contribution in [2.24, 2.45) is 7.05 Å². The normalized spacial score (nSPS) is 14.0. The summed E-state index contributed by atoms with van der Waals surface area (Å²) >= 11 is 0. The van der Waals surface area contributed by atoms with Crippen molar-refractivity contribution in [3.8, 4) is 0 Å². The Hall–Kier alpha value is -1.65. The van der Waals surface area contributed by atoms with Gasteiger partial charge in [0.1, 0.15) is 6.10 Å². The van der Waals surface area contributed by atoms with Crippen LogP contribution in [0.1, 0.15) is 43.7 Å². The van der Waals surface area contributed by atoms with E-state index in [2.05, 4.69) is 47.7 Å². The summed E-state index contributed by atoms with van der Waals surface area (Å²) in [6.45, 7) is 5.82. The van der Waals surface area contributed by atoms with E-state index in [1.165, 1.54) is 5.56 Å². The summed E-state index contributed by atoms with van der Waals surface area (Å²) in [6, 6.07) is 12.5. The quantitative estimate of drug-likeness (QED) is 0.810. The molecule has 2 unspecified atom stereocenters. The molecular formula is C17H25N3O. The molecule has 21 heavy (non-hydrogen) atoms. The molecule has 0 fully saturated rings. The average Bonchev–Trinajstić information content (AvgIpc) is 2.94. The van der Waals surface area contributed by atoms with E-state index in [0.29, 0.717) is 6.61 Å². The lowest BCUT2D eigenvalue weighted by Gasteiger charge is -2.27. The Morgan fingerprint density at radius 2 is 1.95 bits per heavy atom. The first-order valence-corrected chi connectivity index (χ1v) is 7.65. The van der Waals surface area contributed by atoms with Crippen LogP contribution < -0.4 is 5.32 Å². The second-order valence-electron chi connectivity index (χ2n) is 5.13. The van der Waals surface area contributed by atoms with Crippen LogP contribution in [0, 0.1) is 0 Å². The van der Waals surface area contributed by atoms with E-state index in [1.54, 1.807) is 0 Å². The van der Waals surface area contributed by atoms with Gasteiger partial charge in [-0.3, -0.25) is 4.68 Å². The van der Waals surface area contributed by atoms with Gasteiger partial charge in [0.05, 0.1) is 11.7 Å². The molecular weight excluding hydrogens is 262 g/mol. The van der Waals surface area contributed by atoms with Crippen LogP contribution in [0.15, 0.2) is 42.6 Å². The number of aryl methyl sites for hydroxylation is 1. The van der Waals surface area contributed by atoms with Crippen molar-refractivity contribution in [3.05, 3.63) is 53.9 Å². The largest absolute Gasteiger partial charge is 0.372 e. The monoisotopic (exact) mass is 287 g/mol. The maximum absolute atomic E-state index is 6.04. The van der Waals surface area contributed by atoms with Gasteiger partial charge in [-0.15, -0.1) is 0 Å². The van der Waals surface area contributed by atoms with Crippen LogP contribution in [0.3, 0.4) is 0 Å². The molecule has 1 aromatic heterocycles. The molecule has 0 spiro atoms. The topological polar surface area (TPSA) is 39.1 Å². The van der Waals surface area contributed by atoms with Gasteiger partial charge in [0, 0.05) is 19.9 Å². The van der Waals surface area contributed by atoms with Gasteiger partial charge in [-0.2, -0.15) is 5.10 Å². The lowest BCUT2D eigenvalue weighted by atomic mass is 9.99. The minimum absolute atomic E-state index is 0.0300. The summed E-state index contributed by atoms with van der Waals surface area (Å²) in [4.78, 5) is 0. The summed E-state index contributed by atoms with van der Waals surface area (Å²) in [5, 5.41) is 8.15. The van der Waals surface area contributed by atoms with Gasteiger partial charge in [-0.1, -0.05) is 37.3 Å². The number of nitrogens with zero attached hydrogens (tertiary/aromatic N) is 2. The van der Waals surface area contributed by atoms with Gasteiger partial charge < -0.3 is 10.1 Å². The summed E-state index contributed by atoms with van der Waals surface area (Å²) in [6.07, 6.45) is 3.03. The number of aromatic nitrogens is 2. The molecule has 1 aromatic carbocycles. The van der Waals surface area contributed by atoms with E-state index in [-0.39, 0.29) is 12.1 Å². The van der Waals surface area contributed by atoms with Gasteiger partial charge in [0.2, 0.25) is 0 Å². The Bertz CT molecular complexity index is 524. The second-order valence-corrected chi connectivity index (χ2v) is 5.13. The zero-order valence-electron chi connectivity index (χ0n) is 13.1. The zero-order chi connectivity index (χ0) is 15.1. The van der Waals surface area contributed by atoms with E-state index in [4.69, 9.17) is 4.74 Å². The summed E-state index contributed by atoms with van der Waals surface area (Å²) in [5.74, 6) is 0. The van der Waals surface area contributed by atoms with Crippen LogP contribution in [0.2, 0.25) is 0 Å². The standard InChI is InChI=1S/C17H25N3O/c1-4-12-18-16(15-11-13-20(3)19-15)17(21-5-2)14-9-7-6-8-10-14/h6-11,13,16-18H,4-5,12H2,1-3H3. The maximum atomic E-state index is 6.04. The predicted molar refractivity (Wildman–Crippen MR) is 85.1 cm³/mol. The molecule has 0 aliphatic carbocycles. The zero-order valence-corrected chi connectivity index (χ0v) is 13.1. The van der Waals surface area contributed by atoms with Crippen LogP contribution in [-0.4, -0.2) is 22.9 Å². The smallest absolute Gasteiger partial charge is 0.103 e. The fraction of sp³-hybridized carbons (Fsp3) is 0.471. The Morgan fingerprint density at radius 3 is 2.52 bits per heavy atom. The Kier molecular flexibility index (Phi) is 5.96. The fourth-order valence-corrected chi connectivity index (χ4v) is 2.47. The van der Waals surface area contributed by atoms with Gasteiger partial charge in [0.25, 0.3) is 0 Å². The van der Waals surface area contributed by atoms with Gasteiger partial charge in [-0.05, 0) is 31.5 Å². The van der Waals surface area contributed by atoms with Gasteiger partial charge in [-0.25, -0.2) is 0 Å². The predicted octanol–water partition coefficient (Wildman–Crippen LogP) is 3.24. The van der Waals surface area contributed by atoms with E-state index in [1.807, 2.05) is 30.9 Å². The number of nitrogens with one attached hydrogen (secondary N) is 1. The van der Waals surface area contributed by atoms with Gasteiger partial charge in [0.15, 0.2) is 0 Å². The van der Waals surface area contributed by atoms with Crippen molar-refractivity contribution in [2.45, 2.75) is 32.4 Å². The van der Waals surface area contributed by atoms with Crippen molar-refractivity contribution in [2.75, 3.05) is 13.2 Å². The van der Waals surface area contributed by atoms with Crippen molar-refractivity contribution in [1.29, 1.82) is 0 Å². The van der Waals surface area contributed by atoms with Crippen LogP contribution in [-0.2, 0) is 11.8 Å². The molecule has 0 aliphatic rings. The number of benzene rings is 1. The average molecular weight is 287 g/mol. The van der Waals surface area contributed by atoms with E-state index in [9.17, 15) is 0 Å². The van der Waals surface area contributed by atoms with Crippen LogP contribution in [0.25, 0.3) is 0 Å². The SMILES string of the molecule is CCCNC(c1ccn(C)n1)C(OCC)c1ccccc1. The molecule has 4 heteroatoms. The van der Waals surface area contributed by atoms with Crippen molar-refractivity contribution in [1.82, 2.24) is 15.1 Å². The molecule has 1 N–H and O–H groups in total. The molecule has 0 radical (unpaired) electrons. The molecule has 2 aromatic rings. The summed E-state index contributed by atoms with van der Waals surface area (Å²) < 4.78 is 7.88. The molecule has 0 saturated heterocycles. The van der Waals surface area contributed by atoms with Crippen molar-refractivity contribution < 1.29 is 4.74 Å². The molecule has 4 nitrogen and oxygen atoms in total. The molecule has 0 bridgehead atoms. The molecule has 2 atom stereocenters. The molecule has 2 rings (SSSR count). The molecule has 0 amide bonds. The van der Waals surface area contributed by atoms with Crippen LogP contribution >= 0.6 is 0 Å². The van der Waals surface area contributed by atoms with E-state index in [0.717, 1.165) is 18.7 Å². The van der Waals surface area contributed by atoms with Crippen molar-refractivity contribution in [3.63, 3.8) is 0 Å². The first-order chi connectivity index (χ1) is 10.3. The summed E-state index contributed by atoms with van der Waals surface area (Å²) in [5.41, 5.74) is 2.20. The number of hydrogen-bond donors (Lipinski definition) is 1. The summed E-state index contributed by atoms with van der Waals surface area (Å²) in [7, 11) is 1.94. The van der Waals surface area contributed by atoms with Crippen LogP contribution in [0.5, 0.6) is 0 Å². The molecule has 1 heterocycles. The minimum Gasteiger partial charge on any atom is -0.372 e.